The molecule has 0 aliphatic heterocycles. The third-order valence-corrected chi connectivity index (χ3v) is 7.30. The zero-order valence-electron chi connectivity index (χ0n) is 16.7. The Balaban J connectivity index is 1.56. The van der Waals surface area contributed by atoms with Gasteiger partial charge in [-0.1, -0.05) is 50.2 Å². The molecule has 0 saturated carbocycles. The summed E-state index contributed by atoms with van der Waals surface area (Å²) in [6.45, 7) is 3.60. The van der Waals surface area contributed by atoms with E-state index in [9.17, 15) is 15.0 Å². The molecule has 4 aromatic rings. The second-order valence-corrected chi connectivity index (χ2v) is 9.24. The largest absolute Gasteiger partial charge is 0.508 e. The summed E-state index contributed by atoms with van der Waals surface area (Å²) in [6, 6.07) is 18.9. The lowest BCUT2D eigenvalue weighted by molar-refractivity contribution is -0.121. The number of rotatable bonds is 6. The predicted molar refractivity (Wildman–Crippen MR) is 125 cm³/mol. The first-order valence-corrected chi connectivity index (χ1v) is 11.5. The number of carbonyl (C=O) groups is 1. The van der Waals surface area contributed by atoms with Gasteiger partial charge in [0.05, 0.1) is 0 Å². The van der Waals surface area contributed by atoms with E-state index in [1.165, 1.54) is 0 Å². The van der Waals surface area contributed by atoms with Crippen molar-refractivity contribution >= 4 is 28.5 Å². The van der Waals surface area contributed by atoms with Gasteiger partial charge in [0.25, 0.3) is 0 Å². The average Bonchev–Trinajstić information content (AvgIpc) is 3.46. The molecule has 0 bridgehead atoms. The molecule has 2 heterocycles. The molecule has 30 heavy (non-hydrogen) atoms. The number of carbonyl (C=O) groups excluding carboxylic acids is 1. The Kier molecular flexibility index (Phi) is 5.75. The van der Waals surface area contributed by atoms with E-state index in [2.05, 4.69) is 0 Å². The van der Waals surface area contributed by atoms with E-state index in [1.807, 2.05) is 59.3 Å². The number of hydrogen-bond acceptors (Lipinski definition) is 5. The summed E-state index contributed by atoms with van der Waals surface area (Å²) in [5.41, 5.74) is 3.06. The lowest BCUT2D eigenvalue weighted by Gasteiger charge is -2.19. The molecule has 2 unspecified atom stereocenters. The van der Waals surface area contributed by atoms with Crippen molar-refractivity contribution in [1.29, 1.82) is 0 Å². The first-order valence-electron chi connectivity index (χ1n) is 9.73. The topological polar surface area (TPSA) is 57.5 Å². The SMILES string of the molecule is CC(C(=O)C(C)c1ccc(-c2cccs2)cc1O)c1ccc(-c2cccs2)cc1O. The van der Waals surface area contributed by atoms with Gasteiger partial charge >= 0.3 is 0 Å². The molecular weight excluding hydrogens is 412 g/mol. The van der Waals surface area contributed by atoms with Crippen LogP contribution in [0.5, 0.6) is 11.5 Å². The maximum atomic E-state index is 13.2. The molecule has 152 valence electrons. The van der Waals surface area contributed by atoms with Crippen LogP contribution in [0.2, 0.25) is 0 Å². The average molecular weight is 435 g/mol. The van der Waals surface area contributed by atoms with Crippen LogP contribution in [-0.4, -0.2) is 16.0 Å². The molecule has 2 aromatic heterocycles. The Labute approximate surface area is 183 Å². The van der Waals surface area contributed by atoms with E-state index < -0.39 is 11.8 Å². The number of ketones is 1. The van der Waals surface area contributed by atoms with Crippen LogP contribution in [0.1, 0.15) is 36.8 Å². The highest BCUT2D eigenvalue weighted by Crippen LogP contribution is 2.38. The van der Waals surface area contributed by atoms with Crippen molar-refractivity contribution in [1.82, 2.24) is 0 Å². The standard InChI is InChI=1S/C25H22O3S2/c1-15(19-9-7-17(13-21(19)26)23-5-3-11-29-23)25(28)16(2)20-10-8-18(14-22(20)27)24-6-4-12-30-24/h3-16,26-27H,1-2H3. The summed E-state index contributed by atoms with van der Waals surface area (Å²) in [5, 5.41) is 25.1. The summed E-state index contributed by atoms with van der Waals surface area (Å²) in [6.07, 6.45) is 0. The monoisotopic (exact) mass is 434 g/mol. The van der Waals surface area contributed by atoms with Crippen LogP contribution in [0.3, 0.4) is 0 Å². The normalized spacial score (nSPS) is 13.1. The number of thiophene rings is 2. The fourth-order valence-corrected chi connectivity index (χ4v) is 5.14. The Morgan fingerprint density at radius 3 is 1.50 bits per heavy atom. The summed E-state index contributed by atoms with van der Waals surface area (Å²) < 4.78 is 0. The Hall–Kier alpha value is -2.89. The molecule has 3 nitrogen and oxygen atoms in total. The van der Waals surface area contributed by atoms with E-state index in [-0.39, 0.29) is 17.3 Å². The first-order chi connectivity index (χ1) is 14.5. The minimum atomic E-state index is -0.492. The third kappa shape index (κ3) is 3.91. The number of aromatic hydroxyl groups is 2. The van der Waals surface area contributed by atoms with Crippen LogP contribution in [0, 0.1) is 0 Å². The molecule has 0 saturated heterocycles. The predicted octanol–water partition coefficient (Wildman–Crippen LogP) is 7.03. The summed E-state index contributed by atoms with van der Waals surface area (Å²) in [7, 11) is 0. The molecule has 2 aromatic carbocycles. The lowest BCUT2D eigenvalue weighted by Crippen LogP contribution is -2.17. The molecule has 0 amide bonds. The van der Waals surface area contributed by atoms with Gasteiger partial charge in [0.15, 0.2) is 0 Å². The van der Waals surface area contributed by atoms with Crippen LogP contribution in [0.15, 0.2) is 71.4 Å². The highest BCUT2D eigenvalue weighted by atomic mass is 32.1. The minimum absolute atomic E-state index is 0.0478. The molecule has 0 aliphatic rings. The maximum absolute atomic E-state index is 13.2. The van der Waals surface area contributed by atoms with Crippen LogP contribution < -0.4 is 0 Å². The Morgan fingerprint density at radius 1 is 0.733 bits per heavy atom. The molecule has 4 rings (SSSR count). The first kappa shape index (κ1) is 20.4. The van der Waals surface area contributed by atoms with Gasteiger partial charge in [-0.25, -0.2) is 0 Å². The molecular formula is C25H22O3S2. The van der Waals surface area contributed by atoms with Crippen molar-refractivity contribution in [3.8, 4) is 32.4 Å². The van der Waals surface area contributed by atoms with Crippen LogP contribution in [0.25, 0.3) is 20.9 Å². The van der Waals surface area contributed by atoms with E-state index >= 15 is 0 Å². The lowest BCUT2D eigenvalue weighted by atomic mass is 9.84. The van der Waals surface area contributed by atoms with E-state index in [1.54, 1.807) is 48.7 Å². The van der Waals surface area contributed by atoms with Gasteiger partial charge in [-0.3, -0.25) is 4.79 Å². The van der Waals surface area contributed by atoms with Crippen LogP contribution >= 0.6 is 22.7 Å². The second kappa shape index (κ2) is 8.46. The molecule has 2 atom stereocenters. The quantitative estimate of drug-likeness (QED) is 0.342. The van der Waals surface area contributed by atoms with Gasteiger partial charge in [-0.2, -0.15) is 0 Å². The highest BCUT2D eigenvalue weighted by Gasteiger charge is 2.26. The number of Topliss-reactive ketones (excluding diaryl/α,β-unsaturated/α-hetero) is 1. The summed E-state index contributed by atoms with van der Waals surface area (Å²) >= 11 is 3.21. The van der Waals surface area contributed by atoms with Gasteiger partial charge in [-0.05, 0) is 46.2 Å². The van der Waals surface area contributed by atoms with E-state index in [0.29, 0.717) is 11.1 Å². The van der Waals surface area contributed by atoms with Crippen molar-refractivity contribution in [3.05, 3.63) is 82.6 Å². The van der Waals surface area contributed by atoms with Crippen molar-refractivity contribution in [2.45, 2.75) is 25.7 Å². The van der Waals surface area contributed by atoms with Gasteiger partial charge in [0.2, 0.25) is 0 Å². The number of phenolic OH excluding ortho intramolecular Hbond substituents is 2. The molecule has 0 fully saturated rings. The van der Waals surface area contributed by atoms with Gasteiger partial charge in [-0.15, -0.1) is 22.7 Å². The third-order valence-electron chi connectivity index (χ3n) is 5.46. The number of phenols is 2. The van der Waals surface area contributed by atoms with Crippen molar-refractivity contribution in [3.63, 3.8) is 0 Å². The fourth-order valence-electron chi connectivity index (χ4n) is 3.69. The van der Waals surface area contributed by atoms with Crippen LogP contribution in [-0.2, 0) is 4.79 Å². The Bertz CT molecular complexity index is 1070. The van der Waals surface area contributed by atoms with Crippen LogP contribution in [0.4, 0.5) is 0 Å². The van der Waals surface area contributed by atoms with Gasteiger partial charge in [0.1, 0.15) is 17.3 Å². The molecule has 0 spiro atoms. The zero-order chi connectivity index (χ0) is 21.3. The van der Waals surface area contributed by atoms with E-state index in [4.69, 9.17) is 0 Å². The van der Waals surface area contributed by atoms with Crippen molar-refractivity contribution in [2.75, 3.05) is 0 Å². The molecule has 0 aliphatic carbocycles. The Morgan fingerprint density at radius 2 is 1.17 bits per heavy atom. The zero-order valence-corrected chi connectivity index (χ0v) is 18.3. The highest BCUT2D eigenvalue weighted by molar-refractivity contribution is 7.13. The number of hydrogen-bond donors (Lipinski definition) is 2. The van der Waals surface area contributed by atoms with Crippen molar-refractivity contribution < 1.29 is 15.0 Å². The smallest absolute Gasteiger partial charge is 0.147 e. The number of benzene rings is 2. The molecule has 2 N–H and O–H groups in total. The van der Waals surface area contributed by atoms with Crippen molar-refractivity contribution in [2.24, 2.45) is 0 Å². The maximum Gasteiger partial charge on any atom is 0.147 e. The molecule has 0 radical (unpaired) electrons. The van der Waals surface area contributed by atoms with Gasteiger partial charge < -0.3 is 10.2 Å². The summed E-state index contributed by atoms with van der Waals surface area (Å²) in [5.74, 6) is -0.798. The fraction of sp³-hybridized carbons (Fsp3) is 0.160. The molecule has 5 heteroatoms. The van der Waals surface area contributed by atoms with Gasteiger partial charge in [0, 0.05) is 32.7 Å². The summed E-state index contributed by atoms with van der Waals surface area (Å²) in [4.78, 5) is 15.3. The van der Waals surface area contributed by atoms with E-state index in [0.717, 1.165) is 20.9 Å². The minimum Gasteiger partial charge on any atom is -0.508 e. The second-order valence-electron chi connectivity index (χ2n) is 7.35.